The van der Waals surface area contributed by atoms with Crippen LogP contribution in [0, 0.1) is 5.92 Å². The molecule has 0 radical (unpaired) electrons. The van der Waals surface area contributed by atoms with Gasteiger partial charge < -0.3 is 10.4 Å². The fourth-order valence-electron chi connectivity index (χ4n) is 2.38. The van der Waals surface area contributed by atoms with Gasteiger partial charge in [0.1, 0.15) is 5.69 Å². The number of hydrogen-bond donors (Lipinski definition) is 2. The van der Waals surface area contributed by atoms with Gasteiger partial charge >= 0.3 is 5.97 Å². The van der Waals surface area contributed by atoms with Crippen LogP contribution in [0.2, 0.25) is 0 Å². The normalized spacial score (nSPS) is 16.6. The zero-order valence-corrected chi connectivity index (χ0v) is 10.8. The minimum absolute atomic E-state index is 0.0202. The number of amides is 1. The van der Waals surface area contributed by atoms with Crippen LogP contribution >= 0.6 is 0 Å². The Balaban J connectivity index is 1.95. The first-order chi connectivity index (χ1) is 9.16. The molecule has 1 fully saturated rings. The Morgan fingerprint density at radius 2 is 1.84 bits per heavy atom. The van der Waals surface area contributed by atoms with E-state index in [1.807, 2.05) is 0 Å². The van der Waals surface area contributed by atoms with Gasteiger partial charge in [-0.1, -0.05) is 25.7 Å². The molecule has 0 aliphatic heterocycles. The Bertz CT molecular complexity index is 448. The minimum atomic E-state index is -1.07. The Hall–Kier alpha value is -1.91. The van der Waals surface area contributed by atoms with Crippen LogP contribution in [-0.4, -0.2) is 22.0 Å². The van der Waals surface area contributed by atoms with E-state index in [0.717, 1.165) is 25.7 Å². The summed E-state index contributed by atoms with van der Waals surface area (Å²) >= 11 is 0. The lowest BCUT2D eigenvalue weighted by atomic mass is 9.99. The minimum Gasteiger partial charge on any atom is -0.477 e. The van der Waals surface area contributed by atoms with Crippen molar-refractivity contribution in [2.24, 2.45) is 5.92 Å². The van der Waals surface area contributed by atoms with Crippen molar-refractivity contribution in [3.63, 3.8) is 0 Å². The number of aromatic nitrogens is 1. The fourth-order valence-corrected chi connectivity index (χ4v) is 2.38. The lowest BCUT2D eigenvalue weighted by molar-refractivity contribution is -0.120. The molecule has 0 atom stereocenters. The second-order valence-electron chi connectivity index (χ2n) is 4.92. The van der Waals surface area contributed by atoms with Crippen molar-refractivity contribution >= 4 is 17.6 Å². The van der Waals surface area contributed by atoms with Crippen LogP contribution < -0.4 is 5.32 Å². The van der Waals surface area contributed by atoms with Crippen molar-refractivity contribution in [2.75, 3.05) is 5.32 Å². The van der Waals surface area contributed by atoms with Gasteiger partial charge in [0.25, 0.3) is 0 Å². The molecule has 1 aliphatic rings. The molecule has 1 aromatic heterocycles. The maximum atomic E-state index is 12.1. The predicted molar refractivity (Wildman–Crippen MR) is 71.0 cm³/mol. The standard InChI is InChI=1S/C14H18N2O3/c17-13(10-5-3-1-2-4-6-10)16-11-7-8-12(14(18)19)15-9-11/h7-10H,1-6H2,(H,16,17)(H,18,19). The lowest BCUT2D eigenvalue weighted by Crippen LogP contribution is -2.22. The first kappa shape index (κ1) is 13.5. The number of pyridine rings is 1. The van der Waals surface area contributed by atoms with Crippen LogP contribution in [0.5, 0.6) is 0 Å². The average molecular weight is 262 g/mol. The van der Waals surface area contributed by atoms with Gasteiger partial charge in [-0.25, -0.2) is 9.78 Å². The molecule has 0 aromatic carbocycles. The summed E-state index contributed by atoms with van der Waals surface area (Å²) in [5.74, 6) is -0.977. The number of nitrogens with one attached hydrogen (secondary N) is 1. The van der Waals surface area contributed by atoms with E-state index in [2.05, 4.69) is 10.3 Å². The Morgan fingerprint density at radius 3 is 2.37 bits per heavy atom. The number of hydrogen-bond acceptors (Lipinski definition) is 3. The Kier molecular flexibility index (Phi) is 4.49. The van der Waals surface area contributed by atoms with E-state index in [1.54, 1.807) is 6.07 Å². The zero-order chi connectivity index (χ0) is 13.7. The van der Waals surface area contributed by atoms with Crippen molar-refractivity contribution in [1.29, 1.82) is 0 Å². The van der Waals surface area contributed by atoms with Gasteiger partial charge in [-0.15, -0.1) is 0 Å². The Morgan fingerprint density at radius 1 is 1.16 bits per heavy atom. The molecule has 19 heavy (non-hydrogen) atoms. The highest BCUT2D eigenvalue weighted by molar-refractivity contribution is 5.93. The zero-order valence-electron chi connectivity index (χ0n) is 10.8. The first-order valence-electron chi connectivity index (χ1n) is 6.67. The molecule has 1 heterocycles. The number of nitrogens with zero attached hydrogens (tertiary/aromatic N) is 1. The molecule has 1 amide bonds. The number of aromatic carboxylic acids is 1. The number of anilines is 1. The predicted octanol–water partition coefficient (Wildman–Crippen LogP) is 2.69. The molecule has 2 N–H and O–H groups in total. The van der Waals surface area contributed by atoms with Gasteiger partial charge in [0.15, 0.2) is 0 Å². The van der Waals surface area contributed by atoms with Crippen LogP contribution in [0.1, 0.15) is 49.0 Å². The summed E-state index contributed by atoms with van der Waals surface area (Å²) in [4.78, 5) is 26.5. The highest BCUT2D eigenvalue weighted by atomic mass is 16.4. The van der Waals surface area contributed by atoms with Crippen molar-refractivity contribution in [1.82, 2.24) is 4.98 Å². The van der Waals surface area contributed by atoms with Gasteiger partial charge in [0.2, 0.25) is 5.91 Å². The molecule has 0 spiro atoms. The third kappa shape index (κ3) is 3.77. The molecule has 102 valence electrons. The summed E-state index contributed by atoms with van der Waals surface area (Å²) in [6.45, 7) is 0. The van der Waals surface area contributed by atoms with Crippen molar-refractivity contribution in [3.8, 4) is 0 Å². The molecule has 0 saturated heterocycles. The molecule has 0 bridgehead atoms. The highest BCUT2D eigenvalue weighted by Gasteiger charge is 2.20. The number of rotatable bonds is 3. The maximum absolute atomic E-state index is 12.1. The number of carbonyl (C=O) groups excluding carboxylic acids is 1. The number of carboxylic acid groups (broad SMARTS) is 1. The smallest absolute Gasteiger partial charge is 0.354 e. The molecular weight excluding hydrogens is 244 g/mol. The summed E-state index contributed by atoms with van der Waals surface area (Å²) in [6, 6.07) is 2.97. The maximum Gasteiger partial charge on any atom is 0.354 e. The molecule has 2 rings (SSSR count). The van der Waals surface area contributed by atoms with Gasteiger partial charge in [0.05, 0.1) is 11.9 Å². The van der Waals surface area contributed by atoms with E-state index >= 15 is 0 Å². The molecule has 1 saturated carbocycles. The van der Waals surface area contributed by atoms with Crippen molar-refractivity contribution in [2.45, 2.75) is 38.5 Å². The largest absolute Gasteiger partial charge is 0.477 e. The molecule has 0 unspecified atom stereocenters. The summed E-state index contributed by atoms with van der Waals surface area (Å²) in [7, 11) is 0. The second kappa shape index (κ2) is 6.31. The van der Waals surface area contributed by atoms with Crippen LogP contribution in [0.25, 0.3) is 0 Å². The van der Waals surface area contributed by atoms with Crippen LogP contribution in [0.3, 0.4) is 0 Å². The molecular formula is C14H18N2O3. The number of carbonyl (C=O) groups is 2. The third-order valence-electron chi connectivity index (χ3n) is 3.48. The second-order valence-corrected chi connectivity index (χ2v) is 4.92. The SMILES string of the molecule is O=C(O)c1ccc(NC(=O)C2CCCCCC2)cn1. The van der Waals surface area contributed by atoms with E-state index in [0.29, 0.717) is 5.69 Å². The van der Waals surface area contributed by atoms with E-state index in [-0.39, 0.29) is 17.5 Å². The average Bonchev–Trinajstić information content (AvgIpc) is 2.68. The van der Waals surface area contributed by atoms with E-state index < -0.39 is 5.97 Å². The van der Waals surface area contributed by atoms with Crippen molar-refractivity contribution < 1.29 is 14.7 Å². The summed E-state index contributed by atoms with van der Waals surface area (Å²) < 4.78 is 0. The van der Waals surface area contributed by atoms with Gasteiger partial charge in [-0.05, 0) is 25.0 Å². The molecule has 1 aliphatic carbocycles. The molecule has 5 nitrogen and oxygen atoms in total. The van der Waals surface area contributed by atoms with E-state index in [4.69, 9.17) is 5.11 Å². The first-order valence-corrected chi connectivity index (χ1v) is 6.67. The Labute approximate surface area is 112 Å². The molecule has 1 aromatic rings. The number of carboxylic acids is 1. The van der Waals surface area contributed by atoms with Gasteiger partial charge in [-0.2, -0.15) is 0 Å². The van der Waals surface area contributed by atoms with Gasteiger partial charge in [0, 0.05) is 5.92 Å². The quantitative estimate of drug-likeness (QED) is 0.821. The highest BCUT2D eigenvalue weighted by Crippen LogP contribution is 2.24. The van der Waals surface area contributed by atoms with Crippen LogP contribution in [0.15, 0.2) is 18.3 Å². The third-order valence-corrected chi connectivity index (χ3v) is 3.48. The van der Waals surface area contributed by atoms with E-state index in [1.165, 1.54) is 25.1 Å². The van der Waals surface area contributed by atoms with E-state index in [9.17, 15) is 9.59 Å². The molecule has 5 heteroatoms. The lowest BCUT2D eigenvalue weighted by Gasteiger charge is -2.13. The summed E-state index contributed by atoms with van der Waals surface area (Å²) in [5.41, 5.74) is 0.534. The monoisotopic (exact) mass is 262 g/mol. The van der Waals surface area contributed by atoms with Crippen LogP contribution in [0.4, 0.5) is 5.69 Å². The summed E-state index contributed by atoms with van der Waals surface area (Å²) in [6.07, 6.45) is 7.89. The van der Waals surface area contributed by atoms with Crippen LogP contribution in [-0.2, 0) is 4.79 Å². The topological polar surface area (TPSA) is 79.3 Å². The fraction of sp³-hybridized carbons (Fsp3) is 0.500. The van der Waals surface area contributed by atoms with Gasteiger partial charge in [-0.3, -0.25) is 4.79 Å². The van der Waals surface area contributed by atoms with Crippen molar-refractivity contribution in [3.05, 3.63) is 24.0 Å². The summed E-state index contributed by atoms with van der Waals surface area (Å²) in [5, 5.41) is 11.6.